The van der Waals surface area contributed by atoms with Crippen molar-refractivity contribution in [3.8, 4) is 0 Å². The van der Waals surface area contributed by atoms with Crippen molar-refractivity contribution in [1.82, 2.24) is 5.43 Å². The predicted octanol–water partition coefficient (Wildman–Crippen LogP) is 4.32. The van der Waals surface area contributed by atoms with E-state index >= 15 is 0 Å². The van der Waals surface area contributed by atoms with Crippen molar-refractivity contribution in [3.05, 3.63) is 42.0 Å². The number of anilines is 1. The first-order chi connectivity index (χ1) is 12.0. The van der Waals surface area contributed by atoms with Crippen LogP contribution in [0.4, 0.5) is 5.69 Å². The monoisotopic (exact) mass is 364 g/mol. The molecule has 1 atom stereocenters. The minimum Gasteiger partial charge on any atom is -0.388 e. The van der Waals surface area contributed by atoms with E-state index < -0.39 is 6.10 Å². The normalized spacial score (nSPS) is 12.7. The maximum absolute atomic E-state index is 12.5. The molecule has 4 nitrogen and oxygen atoms in total. The molecule has 140 valence electrons. The van der Waals surface area contributed by atoms with E-state index in [0.29, 0.717) is 6.54 Å². The van der Waals surface area contributed by atoms with Gasteiger partial charge >= 0.3 is 0 Å². The quantitative estimate of drug-likeness (QED) is 0.453. The van der Waals surface area contributed by atoms with Gasteiger partial charge in [-0.1, -0.05) is 51.5 Å². The molecule has 1 unspecified atom stereocenters. The SMILES string of the molecule is CCC/C=C\CNN(C(=O)C(C)C)c1ccc(C(O)CCSC)cc1. The van der Waals surface area contributed by atoms with Crippen molar-refractivity contribution >= 4 is 23.4 Å². The number of aliphatic hydroxyl groups excluding tert-OH is 1. The summed E-state index contributed by atoms with van der Waals surface area (Å²) in [4.78, 5) is 12.5. The number of carbonyl (C=O) groups is 1. The van der Waals surface area contributed by atoms with Crippen LogP contribution in [0, 0.1) is 5.92 Å². The van der Waals surface area contributed by atoms with Crippen molar-refractivity contribution in [3.63, 3.8) is 0 Å². The van der Waals surface area contributed by atoms with Gasteiger partial charge in [-0.2, -0.15) is 11.8 Å². The van der Waals surface area contributed by atoms with Crippen LogP contribution in [0.2, 0.25) is 0 Å². The van der Waals surface area contributed by atoms with Crippen LogP contribution in [0.3, 0.4) is 0 Å². The fraction of sp³-hybridized carbons (Fsp3) is 0.550. The number of amides is 1. The molecule has 2 N–H and O–H groups in total. The van der Waals surface area contributed by atoms with E-state index in [0.717, 1.165) is 36.3 Å². The minimum atomic E-state index is -0.458. The van der Waals surface area contributed by atoms with Crippen LogP contribution in [0.5, 0.6) is 0 Å². The molecule has 1 rings (SSSR count). The summed E-state index contributed by atoms with van der Waals surface area (Å²) in [7, 11) is 0. The Morgan fingerprint density at radius 1 is 1.28 bits per heavy atom. The van der Waals surface area contributed by atoms with E-state index in [1.807, 2.05) is 50.4 Å². The molecule has 1 aromatic carbocycles. The van der Waals surface area contributed by atoms with Gasteiger partial charge in [0.15, 0.2) is 0 Å². The molecule has 1 aromatic rings. The Kier molecular flexibility index (Phi) is 10.5. The molecule has 0 radical (unpaired) electrons. The second-order valence-electron chi connectivity index (χ2n) is 6.34. The van der Waals surface area contributed by atoms with E-state index in [2.05, 4.69) is 18.4 Å². The minimum absolute atomic E-state index is 0.0274. The molecule has 0 aliphatic heterocycles. The number of unbranched alkanes of at least 4 members (excludes halogenated alkanes) is 1. The van der Waals surface area contributed by atoms with Gasteiger partial charge in [-0.3, -0.25) is 4.79 Å². The summed E-state index contributed by atoms with van der Waals surface area (Å²) in [5.74, 6) is 0.852. The third-order valence-electron chi connectivity index (χ3n) is 3.84. The molecule has 25 heavy (non-hydrogen) atoms. The number of nitrogens with one attached hydrogen (secondary N) is 1. The summed E-state index contributed by atoms with van der Waals surface area (Å²) < 4.78 is 0. The topological polar surface area (TPSA) is 52.6 Å². The summed E-state index contributed by atoms with van der Waals surface area (Å²) in [6, 6.07) is 7.58. The van der Waals surface area contributed by atoms with Crippen molar-refractivity contribution in [2.75, 3.05) is 23.6 Å². The molecule has 0 fully saturated rings. The van der Waals surface area contributed by atoms with E-state index in [1.54, 1.807) is 16.8 Å². The lowest BCUT2D eigenvalue weighted by atomic mass is 10.1. The summed E-state index contributed by atoms with van der Waals surface area (Å²) in [5, 5.41) is 11.8. The molecule has 0 saturated carbocycles. The number of allylic oxidation sites excluding steroid dienone is 1. The largest absolute Gasteiger partial charge is 0.388 e. The van der Waals surface area contributed by atoms with Gasteiger partial charge in [-0.05, 0) is 42.5 Å². The summed E-state index contributed by atoms with van der Waals surface area (Å²) >= 11 is 1.73. The number of hydrogen-bond donors (Lipinski definition) is 2. The van der Waals surface area contributed by atoms with Gasteiger partial charge in [-0.25, -0.2) is 10.4 Å². The van der Waals surface area contributed by atoms with Crippen molar-refractivity contribution in [1.29, 1.82) is 0 Å². The zero-order valence-electron chi connectivity index (χ0n) is 15.9. The number of hydrazine groups is 1. The molecular weight excluding hydrogens is 332 g/mol. The highest BCUT2D eigenvalue weighted by molar-refractivity contribution is 7.98. The lowest BCUT2D eigenvalue weighted by Gasteiger charge is -2.25. The number of carbonyl (C=O) groups excluding carboxylic acids is 1. The number of thioether (sulfide) groups is 1. The molecule has 0 aromatic heterocycles. The van der Waals surface area contributed by atoms with Gasteiger partial charge < -0.3 is 5.11 Å². The number of nitrogens with zero attached hydrogens (tertiary/aromatic N) is 1. The van der Waals surface area contributed by atoms with Crippen molar-refractivity contribution in [2.24, 2.45) is 5.92 Å². The van der Waals surface area contributed by atoms with Gasteiger partial charge in [0.1, 0.15) is 0 Å². The van der Waals surface area contributed by atoms with Crippen LogP contribution in [-0.4, -0.2) is 29.6 Å². The number of rotatable bonds is 11. The molecule has 0 spiro atoms. The second kappa shape index (κ2) is 12.1. The molecule has 0 saturated heterocycles. The highest BCUT2D eigenvalue weighted by atomic mass is 32.2. The van der Waals surface area contributed by atoms with Crippen LogP contribution >= 0.6 is 11.8 Å². The first-order valence-electron chi connectivity index (χ1n) is 9.00. The zero-order valence-corrected chi connectivity index (χ0v) is 16.7. The van der Waals surface area contributed by atoms with Crippen LogP contribution in [0.25, 0.3) is 0 Å². The van der Waals surface area contributed by atoms with Crippen molar-refractivity contribution < 1.29 is 9.90 Å². The summed E-state index contributed by atoms with van der Waals surface area (Å²) in [6.45, 7) is 6.53. The Morgan fingerprint density at radius 3 is 2.52 bits per heavy atom. The second-order valence-corrected chi connectivity index (χ2v) is 7.33. The average molecular weight is 365 g/mol. The van der Waals surface area contributed by atoms with Gasteiger partial charge in [0.25, 0.3) is 0 Å². The first-order valence-corrected chi connectivity index (χ1v) is 10.4. The fourth-order valence-corrected chi connectivity index (χ4v) is 2.77. The average Bonchev–Trinajstić information content (AvgIpc) is 2.62. The standard InChI is InChI=1S/C20H32N2O2S/c1-5-6-7-8-14-21-22(20(24)16(2)3)18-11-9-17(10-12-18)19(23)13-15-25-4/h7-12,16,19,21,23H,5-6,13-15H2,1-4H3/b8-7-. The van der Waals surface area contributed by atoms with Crippen LogP contribution in [0.15, 0.2) is 36.4 Å². The zero-order chi connectivity index (χ0) is 18.7. The Labute approximate surface area is 156 Å². The van der Waals surface area contributed by atoms with Gasteiger partial charge in [0, 0.05) is 12.5 Å². The maximum atomic E-state index is 12.5. The number of benzene rings is 1. The van der Waals surface area contributed by atoms with Gasteiger partial charge in [0.2, 0.25) is 5.91 Å². The maximum Gasteiger partial charge on any atom is 0.243 e. The lowest BCUT2D eigenvalue weighted by molar-refractivity contribution is -0.122. The number of aliphatic hydroxyl groups is 1. The van der Waals surface area contributed by atoms with Crippen LogP contribution in [0.1, 0.15) is 51.7 Å². The third kappa shape index (κ3) is 7.63. The fourth-order valence-electron chi connectivity index (χ4n) is 2.31. The molecule has 0 bridgehead atoms. The highest BCUT2D eigenvalue weighted by Gasteiger charge is 2.18. The number of hydrogen-bond acceptors (Lipinski definition) is 4. The van der Waals surface area contributed by atoms with Crippen molar-refractivity contribution in [2.45, 2.75) is 46.1 Å². The lowest BCUT2D eigenvalue weighted by Crippen LogP contribution is -2.45. The molecule has 1 amide bonds. The Hall–Kier alpha value is -1.30. The Balaban J connectivity index is 2.81. The predicted molar refractivity (Wildman–Crippen MR) is 109 cm³/mol. The molecular formula is C20H32N2O2S. The first kappa shape index (κ1) is 21.7. The molecule has 0 aliphatic rings. The highest BCUT2D eigenvalue weighted by Crippen LogP contribution is 2.22. The summed E-state index contributed by atoms with van der Waals surface area (Å²) in [6.07, 6.45) is 8.64. The van der Waals surface area contributed by atoms with Gasteiger partial charge in [-0.15, -0.1) is 0 Å². The van der Waals surface area contributed by atoms with Crippen LogP contribution in [-0.2, 0) is 4.79 Å². The Bertz CT molecular complexity index is 529. The molecule has 0 aliphatic carbocycles. The summed E-state index contributed by atoms with van der Waals surface area (Å²) in [5.41, 5.74) is 4.87. The Morgan fingerprint density at radius 2 is 1.96 bits per heavy atom. The van der Waals surface area contributed by atoms with E-state index in [-0.39, 0.29) is 11.8 Å². The van der Waals surface area contributed by atoms with Gasteiger partial charge in [0.05, 0.1) is 11.8 Å². The smallest absolute Gasteiger partial charge is 0.243 e. The van der Waals surface area contributed by atoms with Crippen LogP contribution < -0.4 is 10.4 Å². The van der Waals surface area contributed by atoms with E-state index in [9.17, 15) is 9.90 Å². The third-order valence-corrected chi connectivity index (χ3v) is 4.48. The molecule has 0 heterocycles. The van der Waals surface area contributed by atoms with E-state index in [1.165, 1.54) is 0 Å². The molecule has 5 heteroatoms. The van der Waals surface area contributed by atoms with E-state index in [4.69, 9.17) is 0 Å².